The molecule has 0 aromatic heterocycles. The summed E-state index contributed by atoms with van der Waals surface area (Å²) in [5.41, 5.74) is 5.12. The van der Waals surface area contributed by atoms with Crippen LogP contribution in [-0.4, -0.2) is 17.6 Å². The topological polar surface area (TPSA) is 52.3 Å². The summed E-state index contributed by atoms with van der Waals surface area (Å²) in [6.07, 6.45) is 0.280. The van der Waals surface area contributed by atoms with Crippen LogP contribution in [-0.2, 0) is 16.0 Å². The first-order valence-corrected chi connectivity index (χ1v) is 5.63. The second kappa shape index (κ2) is 5.44. The molecule has 0 aliphatic heterocycles. The van der Waals surface area contributed by atoms with E-state index in [4.69, 9.17) is 10.5 Å². The number of ether oxygens (including phenoxy) is 1. The molecule has 0 bridgehead atoms. The molecular formula is C13H17F2NO2. The van der Waals surface area contributed by atoms with Crippen molar-refractivity contribution in [1.29, 1.82) is 0 Å². The normalized spacial score (nSPS) is 13.2. The SMILES string of the molecule is CC(N)C(=O)OC(C)(C)Cc1ccc(F)c(F)c1. The molecule has 0 radical (unpaired) electrons. The van der Waals surface area contributed by atoms with E-state index < -0.39 is 29.2 Å². The molecule has 1 unspecified atom stereocenters. The summed E-state index contributed by atoms with van der Waals surface area (Å²) in [5.74, 6) is -2.34. The second-order valence-corrected chi connectivity index (χ2v) is 4.89. The molecule has 18 heavy (non-hydrogen) atoms. The number of hydrogen-bond acceptors (Lipinski definition) is 3. The Morgan fingerprint density at radius 2 is 2.00 bits per heavy atom. The summed E-state index contributed by atoms with van der Waals surface area (Å²) in [6.45, 7) is 4.90. The van der Waals surface area contributed by atoms with E-state index in [1.165, 1.54) is 13.0 Å². The van der Waals surface area contributed by atoms with Crippen LogP contribution in [0.5, 0.6) is 0 Å². The maximum Gasteiger partial charge on any atom is 0.323 e. The zero-order valence-corrected chi connectivity index (χ0v) is 10.7. The Morgan fingerprint density at radius 3 is 2.50 bits per heavy atom. The number of halogens is 2. The molecule has 0 spiro atoms. The molecule has 1 atom stereocenters. The summed E-state index contributed by atoms with van der Waals surface area (Å²) in [5, 5.41) is 0. The minimum atomic E-state index is -0.915. The van der Waals surface area contributed by atoms with E-state index in [-0.39, 0.29) is 6.42 Å². The highest BCUT2D eigenvalue weighted by Gasteiger charge is 2.25. The van der Waals surface area contributed by atoms with Crippen molar-refractivity contribution < 1.29 is 18.3 Å². The summed E-state index contributed by atoms with van der Waals surface area (Å²) in [7, 11) is 0. The smallest absolute Gasteiger partial charge is 0.323 e. The van der Waals surface area contributed by atoms with Crippen LogP contribution >= 0.6 is 0 Å². The Bertz CT molecular complexity index is 445. The summed E-state index contributed by atoms with van der Waals surface area (Å²) < 4.78 is 31.0. The van der Waals surface area contributed by atoms with Crippen molar-refractivity contribution in [2.75, 3.05) is 0 Å². The van der Waals surface area contributed by atoms with Gasteiger partial charge in [0.15, 0.2) is 11.6 Å². The largest absolute Gasteiger partial charge is 0.458 e. The number of carbonyl (C=O) groups is 1. The molecule has 0 aliphatic carbocycles. The zero-order valence-electron chi connectivity index (χ0n) is 10.7. The highest BCUT2D eigenvalue weighted by Crippen LogP contribution is 2.19. The van der Waals surface area contributed by atoms with E-state index in [1.807, 2.05) is 0 Å². The van der Waals surface area contributed by atoms with Gasteiger partial charge < -0.3 is 10.5 Å². The lowest BCUT2D eigenvalue weighted by Gasteiger charge is -2.26. The van der Waals surface area contributed by atoms with Crippen LogP contribution < -0.4 is 5.73 Å². The van der Waals surface area contributed by atoms with Crippen LogP contribution in [0, 0.1) is 11.6 Å². The Labute approximate surface area is 105 Å². The Kier molecular flexibility index (Phi) is 4.40. The highest BCUT2D eigenvalue weighted by atomic mass is 19.2. The fourth-order valence-corrected chi connectivity index (χ4v) is 1.54. The van der Waals surface area contributed by atoms with Gasteiger partial charge in [-0.1, -0.05) is 6.07 Å². The van der Waals surface area contributed by atoms with E-state index >= 15 is 0 Å². The monoisotopic (exact) mass is 257 g/mol. The van der Waals surface area contributed by atoms with Gasteiger partial charge in [-0.25, -0.2) is 8.78 Å². The van der Waals surface area contributed by atoms with Gasteiger partial charge in [0.25, 0.3) is 0 Å². The van der Waals surface area contributed by atoms with E-state index in [1.54, 1.807) is 13.8 Å². The second-order valence-electron chi connectivity index (χ2n) is 4.89. The Balaban J connectivity index is 2.75. The molecule has 5 heteroatoms. The fraction of sp³-hybridized carbons (Fsp3) is 0.462. The van der Waals surface area contributed by atoms with E-state index in [2.05, 4.69) is 0 Å². The van der Waals surface area contributed by atoms with Crippen LogP contribution in [0.3, 0.4) is 0 Å². The first-order chi connectivity index (χ1) is 8.21. The van der Waals surface area contributed by atoms with Crippen molar-refractivity contribution in [3.63, 3.8) is 0 Å². The molecule has 0 amide bonds. The van der Waals surface area contributed by atoms with Gasteiger partial charge in [0.1, 0.15) is 11.6 Å². The van der Waals surface area contributed by atoms with Crippen molar-refractivity contribution in [2.45, 2.75) is 38.8 Å². The lowest BCUT2D eigenvalue weighted by Crippen LogP contribution is -2.38. The van der Waals surface area contributed by atoms with Gasteiger partial charge in [-0.05, 0) is 38.5 Å². The average molecular weight is 257 g/mol. The van der Waals surface area contributed by atoms with Crippen molar-refractivity contribution in [3.05, 3.63) is 35.4 Å². The number of rotatable bonds is 4. The third-order valence-electron chi connectivity index (χ3n) is 2.36. The third kappa shape index (κ3) is 4.07. The van der Waals surface area contributed by atoms with Gasteiger partial charge in [-0.15, -0.1) is 0 Å². The molecule has 0 fully saturated rings. The highest BCUT2D eigenvalue weighted by molar-refractivity contribution is 5.75. The van der Waals surface area contributed by atoms with Crippen LogP contribution in [0.2, 0.25) is 0 Å². The summed E-state index contributed by atoms with van der Waals surface area (Å²) in [6, 6.07) is 2.89. The first kappa shape index (κ1) is 14.6. The van der Waals surface area contributed by atoms with Gasteiger partial charge in [0.2, 0.25) is 0 Å². The van der Waals surface area contributed by atoms with Crippen molar-refractivity contribution in [2.24, 2.45) is 5.73 Å². The number of nitrogens with two attached hydrogens (primary N) is 1. The molecule has 0 saturated carbocycles. The van der Waals surface area contributed by atoms with Crippen molar-refractivity contribution >= 4 is 5.97 Å². The van der Waals surface area contributed by atoms with E-state index in [0.717, 1.165) is 12.1 Å². The molecule has 1 aromatic carbocycles. The van der Waals surface area contributed by atoms with Crippen LogP contribution in [0.4, 0.5) is 8.78 Å². The number of hydrogen-bond donors (Lipinski definition) is 1. The van der Waals surface area contributed by atoms with Crippen molar-refractivity contribution in [3.8, 4) is 0 Å². The standard InChI is InChI=1S/C13H17F2NO2/c1-8(16)12(17)18-13(2,3)7-9-4-5-10(14)11(15)6-9/h4-6,8H,7,16H2,1-3H3. The third-order valence-corrected chi connectivity index (χ3v) is 2.36. The van der Waals surface area contributed by atoms with Gasteiger partial charge in [-0.3, -0.25) is 4.79 Å². The number of benzene rings is 1. The fourth-order valence-electron chi connectivity index (χ4n) is 1.54. The predicted molar refractivity (Wildman–Crippen MR) is 63.9 cm³/mol. The van der Waals surface area contributed by atoms with Crippen LogP contribution in [0.15, 0.2) is 18.2 Å². The van der Waals surface area contributed by atoms with Crippen LogP contribution in [0.25, 0.3) is 0 Å². The van der Waals surface area contributed by atoms with Gasteiger partial charge in [0, 0.05) is 6.42 Å². The van der Waals surface area contributed by atoms with Crippen molar-refractivity contribution in [1.82, 2.24) is 0 Å². The van der Waals surface area contributed by atoms with Gasteiger partial charge in [-0.2, -0.15) is 0 Å². The number of esters is 1. The Morgan fingerprint density at radius 1 is 1.39 bits per heavy atom. The zero-order chi connectivity index (χ0) is 13.9. The minimum Gasteiger partial charge on any atom is -0.458 e. The Hall–Kier alpha value is -1.49. The predicted octanol–water partition coefficient (Wildman–Crippen LogP) is 2.18. The summed E-state index contributed by atoms with van der Waals surface area (Å²) >= 11 is 0. The van der Waals surface area contributed by atoms with E-state index in [9.17, 15) is 13.6 Å². The molecular weight excluding hydrogens is 240 g/mol. The quantitative estimate of drug-likeness (QED) is 0.841. The van der Waals surface area contributed by atoms with Gasteiger partial charge in [0.05, 0.1) is 0 Å². The maximum absolute atomic E-state index is 13.0. The molecule has 3 nitrogen and oxygen atoms in total. The average Bonchev–Trinajstić information content (AvgIpc) is 2.22. The molecule has 100 valence electrons. The lowest BCUT2D eigenvalue weighted by molar-refractivity contribution is -0.157. The molecule has 0 aliphatic rings. The van der Waals surface area contributed by atoms with E-state index in [0.29, 0.717) is 5.56 Å². The molecule has 1 rings (SSSR count). The number of carbonyl (C=O) groups excluding carboxylic acids is 1. The minimum absolute atomic E-state index is 0.280. The molecule has 1 aromatic rings. The molecule has 0 saturated heterocycles. The van der Waals surface area contributed by atoms with Crippen LogP contribution in [0.1, 0.15) is 26.3 Å². The molecule has 2 N–H and O–H groups in total. The van der Waals surface area contributed by atoms with Gasteiger partial charge >= 0.3 is 5.97 Å². The lowest BCUT2D eigenvalue weighted by atomic mass is 9.98. The first-order valence-electron chi connectivity index (χ1n) is 5.63. The molecule has 0 heterocycles. The maximum atomic E-state index is 13.0. The summed E-state index contributed by atoms with van der Waals surface area (Å²) in [4.78, 5) is 11.4.